The van der Waals surface area contributed by atoms with Crippen LogP contribution < -0.4 is 12.4 Å². The Hall–Kier alpha value is 0.720. The lowest BCUT2D eigenvalue weighted by atomic mass is 10.3. The van der Waals surface area contributed by atoms with E-state index < -0.39 is 0 Å². The minimum atomic E-state index is -0.384. The van der Waals surface area contributed by atoms with Crippen LogP contribution in [0.5, 0.6) is 0 Å². The van der Waals surface area contributed by atoms with Gasteiger partial charge in [0.2, 0.25) is 0 Å². The van der Waals surface area contributed by atoms with Crippen LogP contribution >= 0.6 is 7.26 Å². The van der Waals surface area contributed by atoms with Crippen molar-refractivity contribution in [2.24, 2.45) is 0 Å². The molecule has 1 unspecified atom stereocenters. The second-order valence-corrected chi connectivity index (χ2v) is 8.38. The van der Waals surface area contributed by atoms with Crippen molar-refractivity contribution in [2.75, 3.05) is 19.5 Å². The van der Waals surface area contributed by atoms with Gasteiger partial charge in [-0.15, -0.1) is 0 Å². The van der Waals surface area contributed by atoms with Gasteiger partial charge in [-0.25, -0.2) is 0 Å². The zero-order valence-electron chi connectivity index (χ0n) is 6.52. The number of hydrogen-bond acceptors (Lipinski definition) is 0. The van der Waals surface area contributed by atoms with E-state index in [1.54, 1.807) is 6.16 Å². The molecule has 0 N–H and O–H groups in total. The zero-order valence-corrected chi connectivity index (χ0v) is 8.17. The first-order chi connectivity index (χ1) is 3.63. The zero-order chi connectivity index (χ0) is 6.20. The fraction of sp³-hybridized carbons (Fsp3) is 1.00. The lowest BCUT2D eigenvalue weighted by molar-refractivity contribution is -0.00000196. The molecule has 0 radical (unpaired) electrons. The van der Waals surface area contributed by atoms with Crippen LogP contribution in [0.4, 0.5) is 0 Å². The van der Waals surface area contributed by atoms with Crippen LogP contribution in [0.25, 0.3) is 0 Å². The molecule has 1 aliphatic rings. The largest absolute Gasteiger partial charge is 1.00 e. The van der Waals surface area contributed by atoms with Gasteiger partial charge in [0.1, 0.15) is 0 Å². The third-order valence-corrected chi connectivity index (χ3v) is 6.66. The summed E-state index contributed by atoms with van der Waals surface area (Å²) in [5, 5.41) is 0. The molecule has 0 aliphatic carbocycles. The van der Waals surface area contributed by atoms with E-state index in [0.29, 0.717) is 0 Å². The molecular weight excluding hydrogens is 151 g/mol. The van der Waals surface area contributed by atoms with Gasteiger partial charge in [-0.1, -0.05) is 0 Å². The Labute approximate surface area is 65.2 Å². The minimum Gasteiger partial charge on any atom is -1.00 e. The molecule has 0 aromatic rings. The second kappa shape index (κ2) is 3.21. The maximum Gasteiger partial charge on any atom is 0.0665 e. The average Bonchev–Trinajstić information content (AvgIpc) is 1.86. The summed E-state index contributed by atoms with van der Waals surface area (Å²) < 4.78 is 0. The molecule has 56 valence electrons. The molecule has 0 aromatic carbocycles. The summed E-state index contributed by atoms with van der Waals surface area (Å²) in [5.41, 5.74) is 1.07. The molecule has 1 atom stereocenters. The predicted octanol–water partition coefficient (Wildman–Crippen LogP) is -0.550. The first-order valence-corrected chi connectivity index (χ1v) is 6.39. The van der Waals surface area contributed by atoms with E-state index in [1.807, 2.05) is 0 Å². The Kier molecular flexibility index (Phi) is 3.47. The van der Waals surface area contributed by atoms with Crippen molar-refractivity contribution < 1.29 is 12.4 Å². The van der Waals surface area contributed by atoms with Gasteiger partial charge in [0.15, 0.2) is 0 Å². The highest BCUT2D eigenvalue weighted by atomic mass is 35.5. The predicted molar refractivity (Wildman–Crippen MR) is 42.3 cm³/mol. The monoisotopic (exact) mass is 166 g/mol. The van der Waals surface area contributed by atoms with Gasteiger partial charge in [-0.3, -0.25) is 0 Å². The van der Waals surface area contributed by atoms with Gasteiger partial charge in [0, 0.05) is 20.6 Å². The second-order valence-electron chi connectivity index (χ2n) is 3.49. The lowest BCUT2D eigenvalue weighted by Gasteiger charge is -2.15. The van der Waals surface area contributed by atoms with Gasteiger partial charge in [0.25, 0.3) is 0 Å². The highest BCUT2D eigenvalue weighted by Crippen LogP contribution is 2.62. The van der Waals surface area contributed by atoms with E-state index in [2.05, 4.69) is 20.3 Å². The summed E-state index contributed by atoms with van der Waals surface area (Å²) in [7, 11) is -0.384. The summed E-state index contributed by atoms with van der Waals surface area (Å²) in [6, 6.07) is 0. The van der Waals surface area contributed by atoms with Crippen molar-refractivity contribution in [3.05, 3.63) is 0 Å². The van der Waals surface area contributed by atoms with E-state index >= 15 is 0 Å². The number of hydrogen-bond donors (Lipinski definition) is 0. The summed E-state index contributed by atoms with van der Waals surface area (Å²) in [6.45, 7) is 7.40. The van der Waals surface area contributed by atoms with Crippen LogP contribution in [0.1, 0.15) is 19.8 Å². The van der Waals surface area contributed by atoms with Crippen molar-refractivity contribution in [3.63, 3.8) is 0 Å². The van der Waals surface area contributed by atoms with Crippen molar-refractivity contribution in [1.82, 2.24) is 0 Å². The highest BCUT2D eigenvalue weighted by molar-refractivity contribution is 7.75. The fourth-order valence-corrected chi connectivity index (χ4v) is 3.68. The van der Waals surface area contributed by atoms with Gasteiger partial charge in [-0.05, 0) is 19.8 Å². The van der Waals surface area contributed by atoms with Crippen LogP contribution in [-0.4, -0.2) is 25.2 Å². The van der Waals surface area contributed by atoms with Gasteiger partial charge < -0.3 is 12.4 Å². The first kappa shape index (κ1) is 9.72. The van der Waals surface area contributed by atoms with Crippen molar-refractivity contribution in [2.45, 2.75) is 25.4 Å². The smallest absolute Gasteiger partial charge is 0.0665 e. The summed E-state index contributed by atoms with van der Waals surface area (Å²) in [5.74, 6) is 0. The topological polar surface area (TPSA) is 0 Å². The van der Waals surface area contributed by atoms with Crippen LogP contribution in [-0.2, 0) is 0 Å². The molecule has 1 fully saturated rings. The molecule has 0 spiro atoms. The molecule has 2 heteroatoms. The maximum atomic E-state index is 2.49. The third kappa shape index (κ3) is 2.09. The average molecular weight is 167 g/mol. The normalized spacial score (nSPS) is 31.7. The molecule has 1 aliphatic heterocycles. The third-order valence-electron chi connectivity index (χ3n) is 2.55. The van der Waals surface area contributed by atoms with E-state index in [-0.39, 0.29) is 19.7 Å². The Bertz CT molecular complexity index is 90.9. The SMILES string of the molecule is CC1CCC[P+]1(C)C.[Cl-]. The van der Waals surface area contributed by atoms with Gasteiger partial charge in [-0.2, -0.15) is 0 Å². The first-order valence-electron chi connectivity index (χ1n) is 3.45. The molecule has 0 amide bonds. The molecular formula is C7H16ClP. The Morgan fingerprint density at radius 3 is 2.00 bits per heavy atom. The molecule has 0 bridgehead atoms. The molecule has 9 heavy (non-hydrogen) atoms. The number of halogens is 1. The lowest BCUT2D eigenvalue weighted by Crippen LogP contribution is -3.00. The maximum absolute atomic E-state index is 2.49. The van der Waals surface area contributed by atoms with Crippen molar-refractivity contribution >= 4 is 7.26 Å². The summed E-state index contributed by atoms with van der Waals surface area (Å²) in [6.07, 6.45) is 4.55. The molecule has 1 heterocycles. The van der Waals surface area contributed by atoms with E-state index in [9.17, 15) is 0 Å². The summed E-state index contributed by atoms with van der Waals surface area (Å²) in [4.78, 5) is 0. The van der Waals surface area contributed by atoms with Crippen LogP contribution in [0.2, 0.25) is 0 Å². The van der Waals surface area contributed by atoms with Crippen molar-refractivity contribution in [1.29, 1.82) is 0 Å². The number of rotatable bonds is 0. The highest BCUT2D eigenvalue weighted by Gasteiger charge is 2.37. The fourth-order valence-electron chi connectivity index (χ4n) is 1.36. The van der Waals surface area contributed by atoms with Crippen LogP contribution in [0.15, 0.2) is 0 Å². The Morgan fingerprint density at radius 1 is 1.33 bits per heavy atom. The molecule has 0 aromatic heterocycles. The van der Waals surface area contributed by atoms with Crippen LogP contribution in [0.3, 0.4) is 0 Å². The Morgan fingerprint density at radius 2 is 1.89 bits per heavy atom. The van der Waals surface area contributed by atoms with E-state index in [4.69, 9.17) is 0 Å². The van der Waals surface area contributed by atoms with Crippen molar-refractivity contribution in [3.8, 4) is 0 Å². The van der Waals surface area contributed by atoms with Crippen LogP contribution in [0, 0.1) is 0 Å². The quantitative estimate of drug-likeness (QED) is 0.424. The molecule has 0 saturated carbocycles. The summed E-state index contributed by atoms with van der Waals surface area (Å²) >= 11 is 0. The molecule has 1 saturated heterocycles. The van der Waals surface area contributed by atoms with Gasteiger partial charge in [0.05, 0.1) is 11.8 Å². The molecule has 0 nitrogen and oxygen atoms in total. The van der Waals surface area contributed by atoms with E-state index in [1.165, 1.54) is 12.8 Å². The Balaban J connectivity index is 0.000000640. The van der Waals surface area contributed by atoms with Gasteiger partial charge >= 0.3 is 0 Å². The minimum absolute atomic E-state index is 0. The standard InChI is InChI=1S/C7H16P.ClH/c1-7-5-4-6-8(7,2)3;/h7H,4-6H2,1-3H3;1H/q+1;/p-1. The molecule has 1 rings (SSSR count). The van der Waals surface area contributed by atoms with E-state index in [0.717, 1.165) is 5.66 Å².